The lowest BCUT2D eigenvalue weighted by atomic mass is 9.97. The lowest BCUT2D eigenvalue weighted by Crippen LogP contribution is -2.24. The van der Waals surface area contributed by atoms with Gasteiger partial charge in [-0.3, -0.25) is 4.79 Å². The van der Waals surface area contributed by atoms with Crippen molar-refractivity contribution in [3.8, 4) is 0 Å². The van der Waals surface area contributed by atoms with Gasteiger partial charge in [0.15, 0.2) is 0 Å². The molecule has 1 unspecified atom stereocenters. The molecule has 18 heavy (non-hydrogen) atoms. The summed E-state index contributed by atoms with van der Waals surface area (Å²) in [6.45, 7) is 11.6. The molecule has 0 aromatic rings. The van der Waals surface area contributed by atoms with Gasteiger partial charge in [-0.25, -0.2) is 0 Å². The van der Waals surface area contributed by atoms with Crippen molar-refractivity contribution >= 4 is 5.97 Å². The topological polar surface area (TPSA) is 35.5 Å². The maximum atomic E-state index is 11.5. The molecule has 0 aromatic heterocycles. The summed E-state index contributed by atoms with van der Waals surface area (Å²) >= 11 is 0. The van der Waals surface area contributed by atoms with E-state index in [2.05, 4.69) is 13.8 Å². The zero-order chi connectivity index (χ0) is 14.0. The third kappa shape index (κ3) is 8.51. The van der Waals surface area contributed by atoms with Crippen LogP contribution in [-0.2, 0) is 14.3 Å². The molecule has 3 nitrogen and oxygen atoms in total. The van der Waals surface area contributed by atoms with E-state index in [4.69, 9.17) is 9.47 Å². The molecule has 108 valence electrons. The summed E-state index contributed by atoms with van der Waals surface area (Å²) in [7, 11) is 0. The molecule has 0 aromatic carbocycles. The quantitative estimate of drug-likeness (QED) is 0.466. The molecule has 0 aliphatic heterocycles. The molecule has 1 atom stereocenters. The largest absolute Gasteiger partial charge is 0.463 e. The van der Waals surface area contributed by atoms with Crippen LogP contribution < -0.4 is 0 Å². The predicted octanol–water partition coefficient (Wildman–Crippen LogP) is 3.81. The van der Waals surface area contributed by atoms with Gasteiger partial charge in [-0.15, -0.1) is 0 Å². The fourth-order valence-electron chi connectivity index (χ4n) is 1.56. The highest BCUT2D eigenvalue weighted by Crippen LogP contribution is 2.15. The summed E-state index contributed by atoms with van der Waals surface area (Å²) in [4.78, 5) is 11.5. The molecular weight excluding hydrogens is 228 g/mol. The lowest BCUT2D eigenvalue weighted by Gasteiger charge is -2.17. The average molecular weight is 258 g/mol. The monoisotopic (exact) mass is 258 g/mol. The van der Waals surface area contributed by atoms with E-state index in [-0.39, 0.29) is 5.97 Å². The molecule has 3 heteroatoms. The first-order valence-corrected chi connectivity index (χ1v) is 7.16. The van der Waals surface area contributed by atoms with Crippen molar-refractivity contribution in [2.75, 3.05) is 19.8 Å². The molecule has 0 saturated carbocycles. The van der Waals surface area contributed by atoms with E-state index in [1.54, 1.807) is 0 Å². The number of ether oxygens (including phenoxy) is 2. The molecule has 0 aliphatic rings. The normalized spacial score (nSPS) is 13.4. The van der Waals surface area contributed by atoms with Crippen LogP contribution in [-0.4, -0.2) is 25.8 Å². The van der Waals surface area contributed by atoms with E-state index in [1.165, 1.54) is 19.3 Å². The smallest absolute Gasteiger partial charge is 0.311 e. The molecule has 0 amide bonds. The number of unbranched alkanes of at least 4 members (excludes halogenated alkanes) is 1. The predicted molar refractivity (Wildman–Crippen MR) is 74.5 cm³/mol. The summed E-state index contributed by atoms with van der Waals surface area (Å²) in [5, 5.41) is 0. The van der Waals surface area contributed by atoms with Gasteiger partial charge >= 0.3 is 5.97 Å². The van der Waals surface area contributed by atoms with Crippen molar-refractivity contribution in [3.05, 3.63) is 0 Å². The number of carbonyl (C=O) groups excluding carboxylic acids is 1. The number of carbonyl (C=O) groups is 1. The molecule has 0 aliphatic carbocycles. The summed E-state index contributed by atoms with van der Waals surface area (Å²) in [5.74, 6) is 0.479. The van der Waals surface area contributed by atoms with Crippen LogP contribution in [0.4, 0.5) is 0 Å². The van der Waals surface area contributed by atoms with Crippen molar-refractivity contribution in [2.45, 2.75) is 60.3 Å². The Hall–Kier alpha value is -0.570. The maximum absolute atomic E-state index is 11.5. The van der Waals surface area contributed by atoms with Gasteiger partial charge in [0.25, 0.3) is 0 Å². The van der Waals surface area contributed by atoms with Crippen molar-refractivity contribution in [1.29, 1.82) is 0 Å². The zero-order valence-corrected chi connectivity index (χ0v) is 12.8. The molecule has 0 spiro atoms. The fraction of sp³-hybridized carbons (Fsp3) is 0.933. The number of rotatable bonds is 9. The van der Waals surface area contributed by atoms with Gasteiger partial charge in [-0.1, -0.05) is 33.1 Å². The fourth-order valence-corrected chi connectivity index (χ4v) is 1.56. The van der Waals surface area contributed by atoms with Crippen molar-refractivity contribution in [3.63, 3.8) is 0 Å². The van der Waals surface area contributed by atoms with Crippen LogP contribution in [0, 0.1) is 11.3 Å². The van der Waals surface area contributed by atoms with E-state index < -0.39 is 5.41 Å². The number of hydrogen-bond acceptors (Lipinski definition) is 3. The van der Waals surface area contributed by atoms with E-state index in [1.807, 2.05) is 20.8 Å². The highest BCUT2D eigenvalue weighted by molar-refractivity contribution is 5.75. The van der Waals surface area contributed by atoms with E-state index in [0.29, 0.717) is 19.1 Å². The van der Waals surface area contributed by atoms with Crippen LogP contribution in [0.15, 0.2) is 0 Å². The second kappa shape index (κ2) is 9.37. The van der Waals surface area contributed by atoms with Gasteiger partial charge in [-0.2, -0.15) is 0 Å². The van der Waals surface area contributed by atoms with E-state index in [0.717, 1.165) is 13.0 Å². The Balaban J connectivity index is 3.57. The van der Waals surface area contributed by atoms with Gasteiger partial charge < -0.3 is 9.47 Å². The minimum Gasteiger partial charge on any atom is -0.463 e. The average Bonchev–Trinajstić information content (AvgIpc) is 2.31. The standard InChI is InChI=1S/C15H30O3/c1-6-8-9-13(7-2)12-17-10-11-18-14(16)15(3,4)5/h13H,6-12H2,1-5H3. The van der Waals surface area contributed by atoms with Crippen LogP contribution in [0.25, 0.3) is 0 Å². The Bertz CT molecular complexity index is 218. The first kappa shape index (κ1) is 17.4. The van der Waals surface area contributed by atoms with E-state index in [9.17, 15) is 4.79 Å². The first-order valence-electron chi connectivity index (χ1n) is 7.16. The Morgan fingerprint density at radius 2 is 1.83 bits per heavy atom. The SMILES string of the molecule is CCCCC(CC)COCCOC(=O)C(C)(C)C. The van der Waals surface area contributed by atoms with Gasteiger partial charge in [0.2, 0.25) is 0 Å². The highest BCUT2D eigenvalue weighted by atomic mass is 16.6. The highest BCUT2D eigenvalue weighted by Gasteiger charge is 2.22. The minimum absolute atomic E-state index is 0.163. The number of hydrogen-bond donors (Lipinski definition) is 0. The molecular formula is C15H30O3. The van der Waals surface area contributed by atoms with Gasteiger partial charge in [-0.05, 0) is 33.1 Å². The Morgan fingerprint density at radius 3 is 2.33 bits per heavy atom. The second-order valence-corrected chi connectivity index (χ2v) is 5.88. The van der Waals surface area contributed by atoms with Crippen LogP contribution >= 0.6 is 0 Å². The second-order valence-electron chi connectivity index (χ2n) is 5.88. The minimum atomic E-state index is -0.424. The van der Waals surface area contributed by atoms with Crippen LogP contribution in [0.2, 0.25) is 0 Å². The Labute approximate surface area is 112 Å². The van der Waals surface area contributed by atoms with Crippen molar-refractivity contribution in [1.82, 2.24) is 0 Å². The van der Waals surface area contributed by atoms with Gasteiger partial charge in [0.05, 0.1) is 12.0 Å². The third-order valence-electron chi connectivity index (χ3n) is 2.97. The van der Waals surface area contributed by atoms with Crippen LogP contribution in [0.3, 0.4) is 0 Å². The molecule has 0 heterocycles. The van der Waals surface area contributed by atoms with Gasteiger partial charge in [0, 0.05) is 6.61 Å². The zero-order valence-electron chi connectivity index (χ0n) is 12.8. The first-order chi connectivity index (χ1) is 8.41. The lowest BCUT2D eigenvalue weighted by molar-refractivity contribution is -0.154. The molecule has 0 N–H and O–H groups in total. The summed E-state index contributed by atoms with van der Waals surface area (Å²) in [5.41, 5.74) is -0.424. The third-order valence-corrected chi connectivity index (χ3v) is 2.97. The Kier molecular flexibility index (Phi) is 9.08. The Morgan fingerprint density at radius 1 is 1.17 bits per heavy atom. The molecule has 0 saturated heterocycles. The number of esters is 1. The molecule has 0 bridgehead atoms. The van der Waals surface area contributed by atoms with Crippen LogP contribution in [0.5, 0.6) is 0 Å². The van der Waals surface area contributed by atoms with Crippen molar-refractivity contribution in [2.24, 2.45) is 11.3 Å². The van der Waals surface area contributed by atoms with Crippen molar-refractivity contribution < 1.29 is 14.3 Å². The summed E-state index contributed by atoms with van der Waals surface area (Å²) < 4.78 is 10.7. The van der Waals surface area contributed by atoms with E-state index >= 15 is 0 Å². The van der Waals surface area contributed by atoms with Gasteiger partial charge in [0.1, 0.15) is 6.61 Å². The summed E-state index contributed by atoms with van der Waals surface area (Å²) in [6, 6.07) is 0. The molecule has 0 radical (unpaired) electrons. The summed E-state index contributed by atoms with van der Waals surface area (Å²) in [6.07, 6.45) is 4.89. The maximum Gasteiger partial charge on any atom is 0.311 e. The molecule has 0 fully saturated rings. The van der Waals surface area contributed by atoms with Crippen LogP contribution in [0.1, 0.15) is 60.3 Å². The molecule has 0 rings (SSSR count).